The maximum absolute atomic E-state index is 10.9. The van der Waals surface area contributed by atoms with Crippen LogP contribution in [-0.2, 0) is 14.1 Å². The van der Waals surface area contributed by atoms with Crippen molar-refractivity contribution in [3.8, 4) is 0 Å². The number of carboxylic acids is 1. The maximum atomic E-state index is 10.9. The summed E-state index contributed by atoms with van der Waals surface area (Å²) in [5.41, 5.74) is 1.97. The average Bonchev–Trinajstić information content (AvgIpc) is 2.54. The van der Waals surface area contributed by atoms with Crippen molar-refractivity contribution in [1.82, 2.24) is 14.3 Å². The minimum Gasteiger partial charge on any atom is -0.477 e. The molecule has 2 aromatic heterocycles. The fourth-order valence-corrected chi connectivity index (χ4v) is 1.78. The summed E-state index contributed by atoms with van der Waals surface area (Å²) in [6, 6.07) is 1.65. The number of fused-ring (bicyclic) bond motifs is 1. The Labute approximate surface area is 80.6 Å². The largest absolute Gasteiger partial charge is 0.477 e. The van der Waals surface area contributed by atoms with Crippen LogP contribution in [0.5, 0.6) is 0 Å². The number of carboxylic acid groups (broad SMARTS) is 1. The van der Waals surface area contributed by atoms with Gasteiger partial charge in [0.15, 0.2) is 0 Å². The van der Waals surface area contributed by atoms with Crippen LogP contribution in [0.2, 0.25) is 0 Å². The molecule has 74 valence electrons. The van der Waals surface area contributed by atoms with E-state index in [-0.39, 0.29) is 5.69 Å². The summed E-state index contributed by atoms with van der Waals surface area (Å²) in [5.74, 6) is -0.914. The summed E-state index contributed by atoms with van der Waals surface area (Å²) < 4.78 is 3.33. The molecule has 1 N–H and O–H groups in total. The predicted octanol–water partition coefficient (Wildman–Crippen LogP) is 0.918. The minimum absolute atomic E-state index is 0.288. The number of carbonyl (C=O) groups is 1. The van der Waals surface area contributed by atoms with E-state index in [1.807, 2.05) is 6.92 Å². The van der Waals surface area contributed by atoms with Crippen LogP contribution in [0.25, 0.3) is 11.0 Å². The van der Waals surface area contributed by atoms with Crippen molar-refractivity contribution in [2.45, 2.75) is 6.92 Å². The van der Waals surface area contributed by atoms with E-state index in [0.717, 1.165) is 16.7 Å². The number of aromatic nitrogens is 3. The third kappa shape index (κ3) is 0.951. The van der Waals surface area contributed by atoms with Crippen LogP contribution in [0, 0.1) is 6.92 Å². The molecule has 0 aliphatic heterocycles. The fourth-order valence-electron chi connectivity index (χ4n) is 1.78. The van der Waals surface area contributed by atoms with Gasteiger partial charge in [-0.05, 0) is 13.0 Å². The molecule has 0 amide bonds. The molecule has 0 aromatic carbocycles. The molecule has 0 aliphatic rings. The molecule has 2 aromatic rings. The van der Waals surface area contributed by atoms with Gasteiger partial charge >= 0.3 is 5.97 Å². The molecule has 2 rings (SSSR count). The van der Waals surface area contributed by atoms with E-state index in [1.165, 1.54) is 0 Å². The van der Waals surface area contributed by atoms with Crippen molar-refractivity contribution in [3.63, 3.8) is 0 Å². The van der Waals surface area contributed by atoms with E-state index in [1.54, 1.807) is 29.4 Å². The molecule has 0 bridgehead atoms. The number of aryl methyl sites for hydroxylation is 3. The summed E-state index contributed by atoms with van der Waals surface area (Å²) in [4.78, 5) is 10.9. The van der Waals surface area contributed by atoms with Gasteiger partial charge < -0.3 is 9.67 Å². The lowest BCUT2D eigenvalue weighted by Gasteiger charge is -1.99. The van der Waals surface area contributed by atoms with Crippen LogP contribution in [0.1, 0.15) is 16.2 Å². The predicted molar refractivity (Wildman–Crippen MR) is 51.4 cm³/mol. The van der Waals surface area contributed by atoms with Crippen LogP contribution in [0.4, 0.5) is 0 Å². The second-order valence-corrected chi connectivity index (χ2v) is 3.34. The number of hydrogen-bond donors (Lipinski definition) is 1. The van der Waals surface area contributed by atoms with Gasteiger partial charge in [0.25, 0.3) is 0 Å². The quantitative estimate of drug-likeness (QED) is 0.732. The fraction of sp³-hybridized carbons (Fsp3) is 0.333. The number of rotatable bonds is 1. The lowest BCUT2D eigenvalue weighted by molar-refractivity contribution is 0.0687. The normalized spacial score (nSPS) is 11.1. The highest BCUT2D eigenvalue weighted by Crippen LogP contribution is 2.21. The molecule has 5 heteroatoms. The highest BCUT2D eigenvalue weighted by molar-refractivity contribution is 5.94. The second-order valence-electron chi connectivity index (χ2n) is 3.34. The molecule has 0 radical (unpaired) electrons. The summed E-state index contributed by atoms with van der Waals surface area (Å²) in [6.45, 7) is 1.87. The zero-order valence-electron chi connectivity index (χ0n) is 8.27. The van der Waals surface area contributed by atoms with E-state index in [0.29, 0.717) is 0 Å². The maximum Gasteiger partial charge on any atom is 0.352 e. The van der Waals surface area contributed by atoms with E-state index >= 15 is 0 Å². The topological polar surface area (TPSA) is 60.1 Å². The Balaban J connectivity index is 2.87. The second kappa shape index (κ2) is 2.60. The molecular weight excluding hydrogens is 182 g/mol. The van der Waals surface area contributed by atoms with Crippen molar-refractivity contribution >= 4 is 17.0 Å². The lowest BCUT2D eigenvalue weighted by atomic mass is 10.3. The van der Waals surface area contributed by atoms with E-state index in [2.05, 4.69) is 5.10 Å². The third-order valence-electron chi connectivity index (χ3n) is 2.42. The number of aromatic carboxylic acids is 1. The summed E-state index contributed by atoms with van der Waals surface area (Å²) in [6.07, 6.45) is 0. The van der Waals surface area contributed by atoms with Crippen LogP contribution in [0.3, 0.4) is 0 Å². The molecule has 0 aliphatic carbocycles. The van der Waals surface area contributed by atoms with Crippen molar-refractivity contribution in [3.05, 3.63) is 17.5 Å². The first-order valence-electron chi connectivity index (χ1n) is 4.24. The van der Waals surface area contributed by atoms with Gasteiger partial charge in [-0.25, -0.2) is 4.79 Å². The Bertz CT molecular complexity index is 522. The van der Waals surface area contributed by atoms with E-state index < -0.39 is 5.97 Å². The van der Waals surface area contributed by atoms with Gasteiger partial charge in [-0.2, -0.15) is 5.10 Å². The first-order valence-corrected chi connectivity index (χ1v) is 4.24. The molecule has 0 spiro atoms. The molecule has 0 atom stereocenters. The molecule has 0 saturated carbocycles. The minimum atomic E-state index is -0.914. The Kier molecular flexibility index (Phi) is 1.64. The monoisotopic (exact) mass is 193 g/mol. The molecular formula is C9H11N3O2. The van der Waals surface area contributed by atoms with Gasteiger partial charge in [0, 0.05) is 19.5 Å². The van der Waals surface area contributed by atoms with Gasteiger partial charge in [0.05, 0.1) is 5.69 Å². The molecule has 2 heterocycles. The first kappa shape index (κ1) is 8.80. The standard InChI is InChI=1S/C9H11N3O2/c1-5-6-4-7(9(13)14)11(2)8(6)12(3)10-5/h4H,1-3H3,(H,13,14). The van der Waals surface area contributed by atoms with E-state index in [4.69, 9.17) is 5.11 Å². The average molecular weight is 193 g/mol. The lowest BCUT2D eigenvalue weighted by Crippen LogP contribution is -2.06. The van der Waals surface area contributed by atoms with Gasteiger partial charge in [0.1, 0.15) is 11.3 Å². The van der Waals surface area contributed by atoms with Gasteiger partial charge in [0.2, 0.25) is 0 Å². The summed E-state index contributed by atoms with van der Waals surface area (Å²) in [7, 11) is 3.54. The molecule has 14 heavy (non-hydrogen) atoms. The van der Waals surface area contributed by atoms with Crippen molar-refractivity contribution in [1.29, 1.82) is 0 Å². The smallest absolute Gasteiger partial charge is 0.352 e. The zero-order chi connectivity index (χ0) is 10.5. The Morgan fingerprint density at radius 3 is 2.64 bits per heavy atom. The van der Waals surface area contributed by atoms with Crippen LogP contribution in [-0.4, -0.2) is 25.4 Å². The first-order chi connectivity index (χ1) is 6.52. The van der Waals surface area contributed by atoms with Crippen molar-refractivity contribution in [2.24, 2.45) is 14.1 Å². The molecule has 0 fully saturated rings. The van der Waals surface area contributed by atoms with Crippen LogP contribution < -0.4 is 0 Å². The van der Waals surface area contributed by atoms with Crippen molar-refractivity contribution in [2.75, 3.05) is 0 Å². The van der Waals surface area contributed by atoms with Gasteiger partial charge in [-0.1, -0.05) is 0 Å². The SMILES string of the molecule is Cc1nn(C)c2c1cc(C(=O)O)n2C. The summed E-state index contributed by atoms with van der Waals surface area (Å²) in [5, 5.41) is 14.0. The van der Waals surface area contributed by atoms with Crippen LogP contribution >= 0.6 is 0 Å². The van der Waals surface area contributed by atoms with Crippen molar-refractivity contribution < 1.29 is 9.90 Å². The van der Waals surface area contributed by atoms with Crippen LogP contribution in [0.15, 0.2) is 6.07 Å². The Hall–Kier alpha value is -1.78. The Morgan fingerprint density at radius 1 is 1.50 bits per heavy atom. The number of nitrogens with zero attached hydrogens (tertiary/aromatic N) is 3. The Morgan fingerprint density at radius 2 is 2.14 bits per heavy atom. The molecule has 0 unspecified atom stereocenters. The third-order valence-corrected chi connectivity index (χ3v) is 2.42. The van der Waals surface area contributed by atoms with Gasteiger partial charge in [-0.15, -0.1) is 0 Å². The summed E-state index contributed by atoms with van der Waals surface area (Å²) >= 11 is 0. The van der Waals surface area contributed by atoms with Gasteiger partial charge in [-0.3, -0.25) is 4.68 Å². The number of hydrogen-bond acceptors (Lipinski definition) is 2. The zero-order valence-corrected chi connectivity index (χ0v) is 8.27. The van der Waals surface area contributed by atoms with E-state index in [9.17, 15) is 4.79 Å². The molecule has 0 saturated heterocycles. The highest BCUT2D eigenvalue weighted by atomic mass is 16.4. The molecule has 5 nitrogen and oxygen atoms in total. The highest BCUT2D eigenvalue weighted by Gasteiger charge is 2.16.